The van der Waals surface area contributed by atoms with Gasteiger partial charge in [-0.15, -0.1) is 0 Å². The molecule has 1 aliphatic carbocycles. The van der Waals surface area contributed by atoms with Crippen LogP contribution in [0.15, 0.2) is 24.3 Å². The van der Waals surface area contributed by atoms with Crippen molar-refractivity contribution in [2.24, 2.45) is 5.92 Å². The second-order valence-corrected chi connectivity index (χ2v) is 7.96. The van der Waals surface area contributed by atoms with E-state index in [9.17, 15) is 4.79 Å². The third kappa shape index (κ3) is 5.22. The summed E-state index contributed by atoms with van der Waals surface area (Å²) in [5.41, 5.74) is 1.33. The lowest BCUT2D eigenvalue weighted by Gasteiger charge is -2.29. The zero-order valence-electron chi connectivity index (χ0n) is 14.5. The average molecular weight is 350 g/mol. The summed E-state index contributed by atoms with van der Waals surface area (Å²) >= 11 is 5.95. The normalized spacial score (nSPS) is 25.9. The van der Waals surface area contributed by atoms with Crippen molar-refractivity contribution in [2.75, 3.05) is 13.1 Å². The Balaban J connectivity index is 1.42. The number of amides is 1. The van der Waals surface area contributed by atoms with Gasteiger partial charge in [0.2, 0.25) is 5.91 Å². The molecule has 0 aromatic heterocycles. The summed E-state index contributed by atoms with van der Waals surface area (Å²) in [6, 6.07) is 8.58. The van der Waals surface area contributed by atoms with Gasteiger partial charge in [0.25, 0.3) is 0 Å². The molecule has 1 aromatic rings. The van der Waals surface area contributed by atoms with Crippen LogP contribution in [0.3, 0.4) is 0 Å². The fourth-order valence-electron chi connectivity index (χ4n) is 4.10. The largest absolute Gasteiger partial charge is 0.353 e. The summed E-state index contributed by atoms with van der Waals surface area (Å²) in [7, 11) is 0. The van der Waals surface area contributed by atoms with Gasteiger partial charge in [-0.1, -0.05) is 49.4 Å². The van der Waals surface area contributed by atoms with Gasteiger partial charge in [-0.2, -0.15) is 0 Å². The summed E-state index contributed by atoms with van der Waals surface area (Å²) in [5, 5.41) is 4.13. The van der Waals surface area contributed by atoms with Crippen molar-refractivity contribution in [3.05, 3.63) is 34.9 Å². The summed E-state index contributed by atoms with van der Waals surface area (Å²) in [6.45, 7) is 3.21. The third-order valence-corrected chi connectivity index (χ3v) is 5.88. The second kappa shape index (κ2) is 8.87. The van der Waals surface area contributed by atoms with E-state index < -0.39 is 0 Å². The minimum Gasteiger partial charge on any atom is -0.353 e. The maximum atomic E-state index is 12.5. The van der Waals surface area contributed by atoms with Crippen molar-refractivity contribution in [1.82, 2.24) is 5.32 Å². The van der Waals surface area contributed by atoms with E-state index in [1.807, 2.05) is 12.1 Å². The lowest BCUT2D eigenvalue weighted by molar-refractivity contribution is -0.919. The van der Waals surface area contributed by atoms with Gasteiger partial charge < -0.3 is 10.2 Å². The molecular formula is C20H30ClN2O+. The topological polar surface area (TPSA) is 33.5 Å². The number of carbonyl (C=O) groups is 1. The first kappa shape index (κ1) is 17.8. The van der Waals surface area contributed by atoms with Gasteiger partial charge in [-0.3, -0.25) is 4.79 Å². The number of nitrogens with one attached hydrogen (secondary N) is 2. The fourth-order valence-corrected chi connectivity index (χ4v) is 4.22. The van der Waals surface area contributed by atoms with E-state index in [0.717, 1.165) is 37.5 Å². The molecule has 1 aliphatic heterocycles. The van der Waals surface area contributed by atoms with Crippen LogP contribution in [0.2, 0.25) is 5.02 Å². The van der Waals surface area contributed by atoms with Crippen molar-refractivity contribution < 1.29 is 9.69 Å². The number of carbonyl (C=O) groups excluding carboxylic acids is 1. The molecule has 1 saturated carbocycles. The van der Waals surface area contributed by atoms with Crippen LogP contribution >= 0.6 is 11.6 Å². The molecule has 1 saturated heterocycles. The standard InChI is InChI=1S/C20H29ClN2O/c21-18-9-7-16(8-10-18)15-23-13-11-17(12-14-23)20(24)22-19-5-3-1-2-4-6-19/h7-10,17,19H,1-6,11-15H2,(H,22,24)/p+1. The highest BCUT2D eigenvalue weighted by atomic mass is 35.5. The number of piperidine rings is 1. The van der Waals surface area contributed by atoms with E-state index in [1.54, 1.807) is 4.90 Å². The van der Waals surface area contributed by atoms with Gasteiger partial charge in [-0.05, 0) is 25.0 Å². The maximum Gasteiger partial charge on any atom is 0.223 e. The van der Waals surface area contributed by atoms with Crippen molar-refractivity contribution in [3.63, 3.8) is 0 Å². The molecule has 0 bridgehead atoms. The molecule has 2 aliphatic rings. The monoisotopic (exact) mass is 349 g/mol. The van der Waals surface area contributed by atoms with Gasteiger partial charge in [0.05, 0.1) is 13.1 Å². The molecule has 0 atom stereocenters. The number of benzene rings is 1. The zero-order chi connectivity index (χ0) is 16.8. The molecule has 3 nitrogen and oxygen atoms in total. The smallest absolute Gasteiger partial charge is 0.223 e. The maximum absolute atomic E-state index is 12.5. The Morgan fingerprint density at radius 1 is 1.00 bits per heavy atom. The Hall–Kier alpha value is -1.06. The van der Waals surface area contributed by atoms with E-state index in [1.165, 1.54) is 44.1 Å². The van der Waals surface area contributed by atoms with Gasteiger partial charge >= 0.3 is 0 Å². The molecule has 1 amide bonds. The molecule has 1 heterocycles. The zero-order valence-corrected chi connectivity index (χ0v) is 15.3. The molecule has 3 rings (SSSR count). The number of quaternary nitrogens is 1. The van der Waals surface area contributed by atoms with Crippen molar-refractivity contribution >= 4 is 17.5 Å². The van der Waals surface area contributed by atoms with Crippen LogP contribution in [0.4, 0.5) is 0 Å². The molecule has 24 heavy (non-hydrogen) atoms. The van der Waals surface area contributed by atoms with Gasteiger partial charge in [-0.25, -0.2) is 0 Å². The molecule has 2 fully saturated rings. The molecule has 0 spiro atoms. The van der Waals surface area contributed by atoms with E-state index in [2.05, 4.69) is 17.4 Å². The summed E-state index contributed by atoms with van der Waals surface area (Å²) in [5.74, 6) is 0.537. The lowest BCUT2D eigenvalue weighted by Crippen LogP contribution is -3.11. The minimum absolute atomic E-state index is 0.224. The van der Waals surface area contributed by atoms with Gasteiger partial charge in [0.15, 0.2) is 0 Å². The van der Waals surface area contributed by atoms with E-state index in [4.69, 9.17) is 11.6 Å². The highest BCUT2D eigenvalue weighted by Gasteiger charge is 2.28. The average Bonchev–Trinajstić information content (AvgIpc) is 2.86. The van der Waals surface area contributed by atoms with Crippen LogP contribution in [-0.2, 0) is 11.3 Å². The fraction of sp³-hybridized carbons (Fsp3) is 0.650. The first-order valence-electron chi connectivity index (χ1n) is 9.59. The van der Waals surface area contributed by atoms with Crippen LogP contribution in [0, 0.1) is 5.92 Å². The summed E-state index contributed by atoms with van der Waals surface area (Å²) < 4.78 is 0. The van der Waals surface area contributed by atoms with Crippen LogP contribution < -0.4 is 10.2 Å². The number of rotatable bonds is 4. The van der Waals surface area contributed by atoms with Crippen LogP contribution in [0.25, 0.3) is 0 Å². The van der Waals surface area contributed by atoms with Gasteiger partial charge in [0.1, 0.15) is 6.54 Å². The van der Waals surface area contributed by atoms with Gasteiger partial charge in [0, 0.05) is 35.4 Å². The highest BCUT2D eigenvalue weighted by molar-refractivity contribution is 6.30. The van der Waals surface area contributed by atoms with Crippen LogP contribution in [0.1, 0.15) is 56.9 Å². The molecule has 132 valence electrons. The number of hydrogen-bond acceptors (Lipinski definition) is 1. The highest BCUT2D eigenvalue weighted by Crippen LogP contribution is 2.19. The lowest BCUT2D eigenvalue weighted by atomic mass is 9.94. The third-order valence-electron chi connectivity index (χ3n) is 5.63. The van der Waals surface area contributed by atoms with Crippen LogP contribution in [-0.4, -0.2) is 25.0 Å². The Kier molecular flexibility index (Phi) is 6.56. The van der Waals surface area contributed by atoms with Crippen LogP contribution in [0.5, 0.6) is 0 Å². The summed E-state index contributed by atoms with van der Waals surface area (Å²) in [4.78, 5) is 14.1. The summed E-state index contributed by atoms with van der Waals surface area (Å²) in [6.07, 6.45) is 9.59. The second-order valence-electron chi connectivity index (χ2n) is 7.52. The Morgan fingerprint density at radius 2 is 1.62 bits per heavy atom. The Bertz CT molecular complexity index is 515. The predicted octanol–water partition coefficient (Wildman–Crippen LogP) is 2.97. The minimum atomic E-state index is 0.224. The Morgan fingerprint density at radius 3 is 2.25 bits per heavy atom. The first-order chi connectivity index (χ1) is 11.7. The van der Waals surface area contributed by atoms with Crippen molar-refractivity contribution in [2.45, 2.75) is 64.0 Å². The SMILES string of the molecule is O=C(NC1CCCCCC1)C1CC[NH+](Cc2ccc(Cl)cc2)CC1. The van der Waals surface area contributed by atoms with E-state index in [-0.39, 0.29) is 5.92 Å². The Labute approximate surface area is 150 Å². The molecular weight excluding hydrogens is 320 g/mol. The number of halogens is 1. The van der Waals surface area contributed by atoms with Crippen molar-refractivity contribution in [3.8, 4) is 0 Å². The quantitative estimate of drug-likeness (QED) is 0.805. The molecule has 1 aromatic carbocycles. The van der Waals surface area contributed by atoms with E-state index >= 15 is 0 Å². The van der Waals surface area contributed by atoms with E-state index in [0.29, 0.717) is 11.9 Å². The predicted molar refractivity (Wildman–Crippen MR) is 98.2 cm³/mol. The number of likely N-dealkylation sites (tertiary alicyclic amines) is 1. The molecule has 4 heteroatoms. The molecule has 2 N–H and O–H groups in total. The molecule has 0 unspecified atom stereocenters. The van der Waals surface area contributed by atoms with Crippen molar-refractivity contribution in [1.29, 1.82) is 0 Å². The number of hydrogen-bond donors (Lipinski definition) is 2. The first-order valence-corrected chi connectivity index (χ1v) is 9.97. The molecule has 0 radical (unpaired) electrons.